The molecule has 0 fully saturated rings. The number of hydrogen-bond acceptors (Lipinski definition) is 7. The van der Waals surface area contributed by atoms with Gasteiger partial charge in [-0.15, -0.1) is 10.2 Å². The molecule has 0 spiro atoms. The van der Waals surface area contributed by atoms with Gasteiger partial charge in [0.15, 0.2) is 11.2 Å². The fraction of sp³-hybridized carbons (Fsp3) is 0. The van der Waals surface area contributed by atoms with Crippen molar-refractivity contribution in [2.24, 2.45) is 0 Å². The van der Waals surface area contributed by atoms with E-state index in [-0.39, 0.29) is 0 Å². The summed E-state index contributed by atoms with van der Waals surface area (Å²) < 4.78 is 19.8. The minimum absolute atomic E-state index is 0.620. The van der Waals surface area contributed by atoms with Crippen LogP contribution >= 0.6 is 0 Å². The highest BCUT2D eigenvalue weighted by Gasteiger charge is 2.19. The van der Waals surface area contributed by atoms with E-state index in [9.17, 15) is 0 Å². The zero-order valence-corrected chi connectivity index (χ0v) is 29.3. The molecule has 10 rings (SSSR count). The molecule has 0 unspecified atom stereocenters. The third kappa shape index (κ3) is 6.30. The second-order valence-corrected chi connectivity index (χ2v) is 13.2. The summed E-state index contributed by atoms with van der Waals surface area (Å²) in [7, 11) is 0. The lowest BCUT2D eigenvalue weighted by Crippen LogP contribution is -1.93. The normalized spacial score (nSPS) is 11.3. The quantitative estimate of drug-likeness (QED) is 0.155. The van der Waals surface area contributed by atoms with Crippen molar-refractivity contribution < 1.29 is 13.6 Å². The zero-order chi connectivity index (χ0) is 36.6. The van der Waals surface area contributed by atoms with Crippen molar-refractivity contribution >= 4 is 21.9 Å². The molecule has 7 nitrogen and oxygen atoms in total. The SMILES string of the molecule is c1ccc(-c2cc(Oc3cc(-c4ccccc4)cc(-c4nncc5cc(-c6ccccc6)oc45)c3)cc(-c3nncc4cc(-c5ccccc5)oc34)c2)cc1. The second-order valence-electron chi connectivity index (χ2n) is 13.2. The van der Waals surface area contributed by atoms with Gasteiger partial charge in [0.25, 0.3) is 0 Å². The van der Waals surface area contributed by atoms with Gasteiger partial charge in [-0.25, -0.2) is 0 Å². The van der Waals surface area contributed by atoms with Crippen molar-refractivity contribution in [1.29, 1.82) is 0 Å². The third-order valence-electron chi connectivity index (χ3n) is 9.59. The Hall–Kier alpha value is -7.64. The zero-order valence-electron chi connectivity index (χ0n) is 29.3. The molecule has 0 atom stereocenters. The maximum Gasteiger partial charge on any atom is 0.164 e. The summed E-state index contributed by atoms with van der Waals surface area (Å²) in [5.41, 5.74) is 10.1. The van der Waals surface area contributed by atoms with Crippen LogP contribution in [0.4, 0.5) is 0 Å². The van der Waals surface area contributed by atoms with E-state index in [0.29, 0.717) is 34.1 Å². The standard InChI is InChI=1S/C48H30N4O3/c1-5-13-31(14-6-1)35-21-37(45-47-39(29-49-51-45)27-43(54-47)33-17-9-3-10-18-33)25-41(23-35)53-42-24-36(32-15-7-2-8-16-32)22-38(26-42)46-48-40(30-50-52-46)28-44(55-48)34-19-11-4-12-20-34/h1-30H. The number of ether oxygens (including phenoxy) is 1. The average molecular weight is 711 g/mol. The Morgan fingerprint density at radius 3 is 1.11 bits per heavy atom. The monoisotopic (exact) mass is 710 g/mol. The van der Waals surface area contributed by atoms with E-state index in [2.05, 4.69) is 56.8 Å². The maximum absolute atomic E-state index is 6.84. The van der Waals surface area contributed by atoms with Crippen LogP contribution < -0.4 is 4.74 Å². The van der Waals surface area contributed by atoms with Gasteiger partial charge in [-0.1, -0.05) is 121 Å². The average Bonchev–Trinajstić information content (AvgIpc) is 3.90. The number of rotatable bonds is 8. The molecule has 0 saturated carbocycles. The number of hydrogen-bond donors (Lipinski definition) is 0. The van der Waals surface area contributed by atoms with Gasteiger partial charge in [0, 0.05) is 33.0 Å². The fourth-order valence-electron chi connectivity index (χ4n) is 6.95. The first-order valence-corrected chi connectivity index (χ1v) is 17.9. The number of furan rings is 2. The Kier molecular flexibility index (Phi) is 8.00. The summed E-state index contributed by atoms with van der Waals surface area (Å²) in [5, 5.41) is 19.7. The predicted molar refractivity (Wildman–Crippen MR) is 216 cm³/mol. The first kappa shape index (κ1) is 32.0. The summed E-state index contributed by atoms with van der Waals surface area (Å²) in [6, 6.07) is 56.7. The molecule has 4 aromatic heterocycles. The lowest BCUT2D eigenvalue weighted by atomic mass is 10.00. The Bertz CT molecular complexity index is 2740. The Balaban J connectivity index is 1.11. The van der Waals surface area contributed by atoms with Crippen LogP contribution in [-0.2, 0) is 0 Å². The maximum atomic E-state index is 6.84. The Labute approximate surface area is 316 Å². The smallest absolute Gasteiger partial charge is 0.164 e. The van der Waals surface area contributed by atoms with Crippen molar-refractivity contribution in [1.82, 2.24) is 20.4 Å². The molecule has 0 aliphatic rings. The van der Waals surface area contributed by atoms with Gasteiger partial charge in [-0.2, -0.15) is 10.2 Å². The minimum Gasteiger partial charge on any atom is -0.457 e. The molecule has 4 heterocycles. The van der Waals surface area contributed by atoms with Crippen molar-refractivity contribution in [2.75, 3.05) is 0 Å². The molecule has 10 aromatic rings. The molecule has 0 aliphatic carbocycles. The highest BCUT2D eigenvalue weighted by atomic mass is 16.5. The summed E-state index contributed by atoms with van der Waals surface area (Å²) in [5.74, 6) is 2.74. The molecular weight excluding hydrogens is 681 g/mol. The lowest BCUT2D eigenvalue weighted by Gasteiger charge is -2.14. The third-order valence-corrected chi connectivity index (χ3v) is 9.59. The molecule has 55 heavy (non-hydrogen) atoms. The highest BCUT2D eigenvalue weighted by molar-refractivity contribution is 5.94. The summed E-state index contributed by atoms with van der Waals surface area (Å²) in [6.45, 7) is 0. The Morgan fingerprint density at radius 1 is 0.345 bits per heavy atom. The first-order valence-electron chi connectivity index (χ1n) is 17.9. The van der Waals surface area contributed by atoms with Crippen LogP contribution in [-0.4, -0.2) is 20.4 Å². The topological polar surface area (TPSA) is 87.1 Å². The molecule has 0 radical (unpaired) electrons. The van der Waals surface area contributed by atoms with E-state index < -0.39 is 0 Å². The summed E-state index contributed by atoms with van der Waals surface area (Å²) in [4.78, 5) is 0. The lowest BCUT2D eigenvalue weighted by molar-refractivity contribution is 0.483. The van der Waals surface area contributed by atoms with E-state index in [4.69, 9.17) is 13.6 Å². The molecule has 0 amide bonds. The fourth-order valence-corrected chi connectivity index (χ4v) is 6.95. The molecule has 6 aromatic carbocycles. The minimum atomic E-state index is 0.620. The van der Waals surface area contributed by atoms with Crippen LogP contribution in [0.15, 0.2) is 191 Å². The summed E-state index contributed by atoms with van der Waals surface area (Å²) >= 11 is 0. The molecule has 0 aliphatic heterocycles. The van der Waals surface area contributed by atoms with Crippen molar-refractivity contribution in [3.63, 3.8) is 0 Å². The van der Waals surface area contributed by atoms with Gasteiger partial charge in [0.2, 0.25) is 0 Å². The van der Waals surface area contributed by atoms with Crippen molar-refractivity contribution in [3.8, 4) is 78.9 Å². The van der Waals surface area contributed by atoms with E-state index in [1.807, 2.05) is 133 Å². The van der Waals surface area contributed by atoms with E-state index in [0.717, 1.165) is 66.8 Å². The van der Waals surface area contributed by atoms with Gasteiger partial charge >= 0.3 is 0 Å². The first-order chi connectivity index (χ1) is 27.2. The van der Waals surface area contributed by atoms with Crippen LogP contribution in [0.3, 0.4) is 0 Å². The van der Waals surface area contributed by atoms with Crippen LogP contribution in [0.2, 0.25) is 0 Å². The van der Waals surface area contributed by atoms with Crippen LogP contribution in [0.1, 0.15) is 0 Å². The molecule has 260 valence electrons. The van der Waals surface area contributed by atoms with Crippen LogP contribution in [0.25, 0.3) is 89.4 Å². The number of aromatic nitrogens is 4. The van der Waals surface area contributed by atoms with Crippen LogP contribution in [0, 0.1) is 0 Å². The van der Waals surface area contributed by atoms with Crippen molar-refractivity contribution in [2.45, 2.75) is 0 Å². The number of nitrogens with zero attached hydrogens (tertiary/aromatic N) is 4. The van der Waals surface area contributed by atoms with E-state index in [1.54, 1.807) is 12.4 Å². The molecule has 7 heteroatoms. The highest BCUT2D eigenvalue weighted by Crippen LogP contribution is 2.40. The number of benzene rings is 6. The van der Waals surface area contributed by atoms with Crippen LogP contribution in [0.5, 0.6) is 11.5 Å². The molecular formula is C48H30N4O3. The summed E-state index contributed by atoms with van der Waals surface area (Å²) in [6.07, 6.45) is 3.46. The largest absolute Gasteiger partial charge is 0.457 e. The van der Waals surface area contributed by atoms with E-state index in [1.165, 1.54) is 0 Å². The molecule has 0 N–H and O–H groups in total. The number of fused-ring (bicyclic) bond motifs is 2. The van der Waals surface area contributed by atoms with Crippen molar-refractivity contribution in [3.05, 3.63) is 182 Å². The van der Waals surface area contributed by atoms with Gasteiger partial charge in [-0.3, -0.25) is 0 Å². The molecule has 0 bridgehead atoms. The van der Waals surface area contributed by atoms with E-state index >= 15 is 0 Å². The molecule has 0 saturated heterocycles. The Morgan fingerprint density at radius 2 is 0.709 bits per heavy atom. The predicted octanol–water partition coefficient (Wildman–Crippen LogP) is 12.6. The van der Waals surface area contributed by atoms with Gasteiger partial charge < -0.3 is 13.6 Å². The van der Waals surface area contributed by atoms with Gasteiger partial charge in [-0.05, 0) is 70.8 Å². The second kappa shape index (κ2) is 13.7. The van der Waals surface area contributed by atoms with Gasteiger partial charge in [0.1, 0.15) is 34.4 Å². The van der Waals surface area contributed by atoms with Gasteiger partial charge in [0.05, 0.1) is 12.4 Å².